The van der Waals surface area contributed by atoms with Gasteiger partial charge in [0.25, 0.3) is 5.91 Å². The number of halogens is 1. The second-order valence-electron chi connectivity index (χ2n) is 8.36. The molecule has 0 aliphatic carbocycles. The topological polar surface area (TPSA) is 130 Å². The monoisotopic (exact) mass is 507 g/mol. The van der Waals surface area contributed by atoms with Gasteiger partial charge in [-0.1, -0.05) is 18.2 Å². The van der Waals surface area contributed by atoms with E-state index in [2.05, 4.69) is 10.6 Å². The van der Waals surface area contributed by atoms with Crippen LogP contribution in [0.1, 0.15) is 27.0 Å². The lowest BCUT2D eigenvalue weighted by Gasteiger charge is -2.23. The molecule has 194 valence electrons. The summed E-state index contributed by atoms with van der Waals surface area (Å²) in [6, 6.07) is 14.0. The van der Waals surface area contributed by atoms with E-state index in [1.807, 2.05) is 6.92 Å². The Hall–Kier alpha value is -4.60. The van der Waals surface area contributed by atoms with Crippen LogP contribution in [0.3, 0.4) is 0 Å². The molecule has 5 N–H and O–H groups in total. The second kappa shape index (κ2) is 11.9. The third kappa shape index (κ3) is 6.75. The van der Waals surface area contributed by atoms with E-state index >= 15 is 0 Å². The fourth-order valence-electron chi connectivity index (χ4n) is 3.80. The summed E-state index contributed by atoms with van der Waals surface area (Å²) in [6.45, 7) is 1.91. The van der Waals surface area contributed by atoms with Gasteiger partial charge in [0.05, 0.1) is 20.8 Å². The van der Waals surface area contributed by atoms with Crippen LogP contribution in [0.15, 0.2) is 54.6 Å². The highest BCUT2D eigenvalue weighted by atomic mass is 19.1. The maximum Gasteiger partial charge on any atom is 0.251 e. The van der Waals surface area contributed by atoms with Crippen LogP contribution >= 0.6 is 0 Å². The average molecular weight is 508 g/mol. The Labute approximate surface area is 214 Å². The van der Waals surface area contributed by atoms with Crippen molar-refractivity contribution in [3.63, 3.8) is 0 Å². The van der Waals surface area contributed by atoms with Crippen molar-refractivity contribution in [3.8, 4) is 11.5 Å². The Morgan fingerprint density at radius 1 is 1.03 bits per heavy atom. The van der Waals surface area contributed by atoms with E-state index in [-0.39, 0.29) is 30.7 Å². The molecule has 0 unspecified atom stereocenters. The first kappa shape index (κ1) is 27.0. The zero-order valence-corrected chi connectivity index (χ0v) is 21.1. The number of nitrogens with zero attached hydrogens (tertiary/aromatic N) is 1. The van der Waals surface area contributed by atoms with Crippen molar-refractivity contribution in [2.45, 2.75) is 13.5 Å². The molecule has 0 aromatic heterocycles. The van der Waals surface area contributed by atoms with Crippen molar-refractivity contribution in [3.05, 3.63) is 82.7 Å². The second-order valence-corrected chi connectivity index (χ2v) is 8.36. The highest BCUT2D eigenvalue weighted by molar-refractivity contribution is 5.98. The molecule has 0 radical (unpaired) electrons. The number of nitrogens with two attached hydrogens (primary N) is 1. The first-order chi connectivity index (χ1) is 17.6. The van der Waals surface area contributed by atoms with E-state index in [1.165, 1.54) is 32.4 Å². The number of amides is 2. The summed E-state index contributed by atoms with van der Waals surface area (Å²) in [5.74, 6) is -0.240. The van der Waals surface area contributed by atoms with Gasteiger partial charge in [0, 0.05) is 41.7 Å². The largest absolute Gasteiger partial charge is 0.496 e. The molecule has 9 nitrogen and oxygen atoms in total. The molecule has 0 saturated carbocycles. The number of methoxy groups -OCH3 is 2. The molecule has 37 heavy (non-hydrogen) atoms. The third-order valence-electron chi connectivity index (χ3n) is 5.75. The van der Waals surface area contributed by atoms with Crippen LogP contribution in [0.4, 0.5) is 15.8 Å². The molecule has 0 aliphatic rings. The van der Waals surface area contributed by atoms with Crippen LogP contribution in [0.25, 0.3) is 0 Å². The predicted molar refractivity (Wildman–Crippen MR) is 141 cm³/mol. The van der Waals surface area contributed by atoms with Gasteiger partial charge >= 0.3 is 0 Å². The highest BCUT2D eigenvalue weighted by Gasteiger charge is 2.17. The van der Waals surface area contributed by atoms with Crippen molar-refractivity contribution >= 4 is 29.0 Å². The number of likely N-dealkylation sites (N-methyl/N-ethyl adjacent to an activating group) is 1. The molecule has 0 heterocycles. The number of hydrogen-bond acceptors (Lipinski definition) is 6. The molecule has 0 saturated heterocycles. The minimum absolute atomic E-state index is 0.0643. The summed E-state index contributed by atoms with van der Waals surface area (Å²) < 4.78 is 24.2. The summed E-state index contributed by atoms with van der Waals surface area (Å²) in [5.41, 5.74) is 8.92. The average Bonchev–Trinajstić information content (AvgIpc) is 2.87. The van der Waals surface area contributed by atoms with E-state index in [0.29, 0.717) is 39.6 Å². The number of nitrogen functional groups attached to an aromatic ring is 1. The number of anilines is 2. The molecule has 0 atom stereocenters. The van der Waals surface area contributed by atoms with Gasteiger partial charge in [0.2, 0.25) is 5.91 Å². The summed E-state index contributed by atoms with van der Waals surface area (Å²) in [4.78, 5) is 27.2. The van der Waals surface area contributed by atoms with Crippen molar-refractivity contribution in [2.75, 3.05) is 38.0 Å². The van der Waals surface area contributed by atoms with Crippen molar-refractivity contribution < 1.29 is 23.5 Å². The first-order valence-corrected chi connectivity index (χ1v) is 11.4. The molecule has 0 aliphatic heterocycles. The molecule has 3 rings (SSSR count). The van der Waals surface area contributed by atoms with Gasteiger partial charge in [-0.05, 0) is 48.9 Å². The summed E-state index contributed by atoms with van der Waals surface area (Å²) in [7, 11) is 4.74. The Balaban J connectivity index is 1.79. The number of ether oxygens (including phenoxy) is 2. The maximum atomic E-state index is 13.5. The molecule has 10 heteroatoms. The van der Waals surface area contributed by atoms with Gasteiger partial charge in [-0.15, -0.1) is 0 Å². The van der Waals surface area contributed by atoms with Crippen LogP contribution < -0.4 is 30.7 Å². The summed E-state index contributed by atoms with van der Waals surface area (Å²) >= 11 is 0. The van der Waals surface area contributed by atoms with Crippen LogP contribution in [-0.2, 0) is 11.3 Å². The predicted octanol–water partition coefficient (Wildman–Crippen LogP) is 3.44. The van der Waals surface area contributed by atoms with Gasteiger partial charge < -0.3 is 30.7 Å². The first-order valence-electron chi connectivity index (χ1n) is 11.4. The number of carbonyl (C=O) groups excluding carboxylic acids is 2. The quantitative estimate of drug-likeness (QED) is 0.246. The number of hydrogen-bond donors (Lipinski definition) is 4. The SMILES string of the molecule is COc1cc(C(=O)NCc2ccc(C(=N)N)cc2N(C)CC(=O)Nc2cccc(F)c2)cc(OC)c1C. The lowest BCUT2D eigenvalue weighted by molar-refractivity contribution is -0.114. The molecule has 2 amide bonds. The minimum Gasteiger partial charge on any atom is -0.496 e. The van der Waals surface area contributed by atoms with Gasteiger partial charge in [0.1, 0.15) is 23.2 Å². The molecule has 0 fully saturated rings. The zero-order chi connectivity index (χ0) is 27.1. The van der Waals surface area contributed by atoms with Crippen LogP contribution in [0.5, 0.6) is 11.5 Å². The number of benzene rings is 3. The zero-order valence-electron chi connectivity index (χ0n) is 21.1. The van der Waals surface area contributed by atoms with Gasteiger partial charge in [-0.25, -0.2) is 4.39 Å². The van der Waals surface area contributed by atoms with Crippen LogP contribution in [-0.4, -0.2) is 45.5 Å². The van der Waals surface area contributed by atoms with Gasteiger partial charge in [-0.2, -0.15) is 0 Å². The van der Waals surface area contributed by atoms with Crippen LogP contribution in [0, 0.1) is 18.2 Å². The Kier molecular flexibility index (Phi) is 8.68. The Morgan fingerprint density at radius 3 is 2.30 bits per heavy atom. The fraction of sp³-hybridized carbons (Fsp3) is 0.222. The van der Waals surface area contributed by atoms with Crippen LogP contribution in [0.2, 0.25) is 0 Å². The summed E-state index contributed by atoms with van der Waals surface area (Å²) in [5, 5.41) is 13.3. The number of carbonyl (C=O) groups is 2. The van der Waals surface area contributed by atoms with E-state index in [4.69, 9.17) is 20.6 Å². The lowest BCUT2D eigenvalue weighted by atomic mass is 10.1. The smallest absolute Gasteiger partial charge is 0.251 e. The van der Waals surface area contributed by atoms with E-state index < -0.39 is 5.82 Å². The Morgan fingerprint density at radius 2 is 1.70 bits per heavy atom. The molecular formula is C27H30FN5O4. The minimum atomic E-state index is -0.456. The third-order valence-corrected chi connectivity index (χ3v) is 5.75. The van der Waals surface area contributed by atoms with E-state index in [0.717, 1.165) is 5.56 Å². The summed E-state index contributed by atoms with van der Waals surface area (Å²) in [6.07, 6.45) is 0. The Bertz CT molecular complexity index is 1300. The van der Waals surface area contributed by atoms with Crippen molar-refractivity contribution in [1.29, 1.82) is 5.41 Å². The van der Waals surface area contributed by atoms with E-state index in [1.54, 1.807) is 48.3 Å². The number of amidine groups is 1. The lowest BCUT2D eigenvalue weighted by Crippen LogP contribution is -2.32. The standard InChI is InChI=1S/C27H30FN5O4/c1-16-23(36-3)11-19(12-24(16)37-4)27(35)31-14-18-9-8-17(26(29)30)10-22(18)33(2)15-25(34)32-21-7-5-6-20(28)13-21/h5-13H,14-15H2,1-4H3,(H3,29,30)(H,31,35)(H,32,34). The molecule has 3 aromatic rings. The van der Waals surface area contributed by atoms with Gasteiger partial charge in [-0.3, -0.25) is 15.0 Å². The van der Waals surface area contributed by atoms with Crippen molar-refractivity contribution in [2.24, 2.45) is 5.73 Å². The van der Waals surface area contributed by atoms with Crippen molar-refractivity contribution in [1.82, 2.24) is 5.32 Å². The molecule has 0 spiro atoms. The number of nitrogens with one attached hydrogen (secondary N) is 3. The normalized spacial score (nSPS) is 10.4. The molecule has 3 aromatic carbocycles. The maximum absolute atomic E-state index is 13.5. The highest BCUT2D eigenvalue weighted by Crippen LogP contribution is 2.29. The molecular weight excluding hydrogens is 477 g/mol. The number of rotatable bonds is 10. The molecule has 0 bridgehead atoms. The fourth-order valence-corrected chi connectivity index (χ4v) is 3.80. The van der Waals surface area contributed by atoms with Gasteiger partial charge in [0.15, 0.2) is 0 Å². The van der Waals surface area contributed by atoms with E-state index in [9.17, 15) is 14.0 Å².